The van der Waals surface area contributed by atoms with Crippen molar-refractivity contribution >= 4 is 50.4 Å². The zero-order valence-corrected chi connectivity index (χ0v) is 16.4. The minimum atomic E-state index is -5.85. The molecule has 0 amide bonds. The van der Waals surface area contributed by atoms with Crippen LogP contribution in [0, 0.1) is 0 Å². The van der Waals surface area contributed by atoms with E-state index < -0.39 is 55.8 Å². The molecule has 0 atom stereocenters. The minimum Gasteiger partial charge on any atom is -0.315 e. The van der Waals surface area contributed by atoms with Crippen LogP contribution in [-0.2, 0) is 16.4 Å². The van der Waals surface area contributed by atoms with Gasteiger partial charge in [0.05, 0.1) is 22.9 Å². The van der Waals surface area contributed by atoms with Crippen molar-refractivity contribution in [1.82, 2.24) is 9.55 Å². The molecule has 0 aliphatic rings. The van der Waals surface area contributed by atoms with Crippen LogP contribution in [0.25, 0.3) is 0 Å². The zero-order chi connectivity index (χ0) is 21.5. The fourth-order valence-electron chi connectivity index (χ4n) is 2.06. The number of hydrogen-bond acceptors (Lipinski definition) is 4. The highest BCUT2D eigenvalue weighted by atomic mass is 35.5. The Hall–Kier alpha value is -1.43. The van der Waals surface area contributed by atoms with Gasteiger partial charge in [-0.3, -0.25) is 4.79 Å². The van der Waals surface area contributed by atoms with Gasteiger partial charge in [-0.15, -0.1) is 0 Å². The topological polar surface area (TPSA) is 69.0 Å². The number of alkyl halides is 5. The summed E-state index contributed by atoms with van der Waals surface area (Å²) in [7, 11) is -4.38. The largest absolute Gasteiger partial charge is 0.455 e. The summed E-state index contributed by atoms with van der Waals surface area (Å²) in [5.41, 5.74) is -0.786. The smallest absolute Gasteiger partial charge is 0.315 e. The average Bonchev–Trinajstić information content (AvgIpc) is 2.85. The molecule has 0 spiro atoms. The Kier molecular flexibility index (Phi) is 6.34. The van der Waals surface area contributed by atoms with Crippen LogP contribution in [0.5, 0.6) is 0 Å². The standard InChI is InChI=1S/C14H8Cl3F5N2O3S/c15-7-2-1-3-8(16)11(7)28(26,27)4-9(25)10-12(17)24(6-23-10)5-13(18,19)14(20,21)22/h1-3,6H,4-5H2. The predicted molar refractivity (Wildman–Crippen MR) is 91.1 cm³/mol. The van der Waals surface area contributed by atoms with Crippen LogP contribution in [-0.4, -0.2) is 41.6 Å². The van der Waals surface area contributed by atoms with Gasteiger partial charge < -0.3 is 4.57 Å². The van der Waals surface area contributed by atoms with Crippen LogP contribution >= 0.6 is 34.8 Å². The molecule has 0 N–H and O–H groups in total. The van der Waals surface area contributed by atoms with Gasteiger partial charge in [-0.2, -0.15) is 22.0 Å². The summed E-state index contributed by atoms with van der Waals surface area (Å²) in [5, 5.41) is -1.39. The Labute approximate surface area is 169 Å². The molecule has 2 aromatic rings. The summed E-state index contributed by atoms with van der Waals surface area (Å²) < 4.78 is 88.2. The van der Waals surface area contributed by atoms with Gasteiger partial charge in [-0.25, -0.2) is 13.4 Å². The van der Waals surface area contributed by atoms with Crippen molar-refractivity contribution in [2.24, 2.45) is 0 Å². The number of carbonyl (C=O) groups excluding carboxylic acids is 1. The molecule has 1 aromatic heterocycles. The summed E-state index contributed by atoms with van der Waals surface area (Å²) in [4.78, 5) is 15.0. The molecule has 0 unspecified atom stereocenters. The maximum Gasteiger partial charge on any atom is 0.455 e. The normalized spacial score (nSPS) is 13.0. The summed E-state index contributed by atoms with van der Waals surface area (Å²) >= 11 is 17.2. The highest BCUT2D eigenvalue weighted by Gasteiger charge is 2.57. The first-order valence-corrected chi connectivity index (χ1v) is 9.81. The molecular weight excluding hydrogens is 478 g/mol. The second kappa shape index (κ2) is 7.77. The third kappa shape index (κ3) is 4.58. The number of rotatable bonds is 6. The molecule has 0 fully saturated rings. The fraction of sp³-hybridized carbons (Fsp3) is 0.286. The second-order valence-electron chi connectivity index (χ2n) is 5.45. The van der Waals surface area contributed by atoms with Crippen molar-refractivity contribution in [2.75, 3.05) is 5.75 Å². The van der Waals surface area contributed by atoms with E-state index in [9.17, 15) is 35.2 Å². The molecule has 154 valence electrons. The Morgan fingerprint density at radius 1 is 1.07 bits per heavy atom. The first-order chi connectivity index (χ1) is 12.7. The van der Waals surface area contributed by atoms with Crippen molar-refractivity contribution in [2.45, 2.75) is 23.5 Å². The molecular formula is C14H8Cl3F5N2O3S. The number of hydrogen-bond donors (Lipinski definition) is 0. The summed E-state index contributed by atoms with van der Waals surface area (Å²) in [6, 6.07) is 3.79. The molecule has 1 heterocycles. The van der Waals surface area contributed by atoms with Crippen LogP contribution in [0.3, 0.4) is 0 Å². The van der Waals surface area contributed by atoms with Gasteiger partial charge in [0.25, 0.3) is 0 Å². The van der Waals surface area contributed by atoms with Crippen LogP contribution in [0.1, 0.15) is 10.5 Å². The first-order valence-electron chi connectivity index (χ1n) is 7.02. The van der Waals surface area contributed by atoms with E-state index >= 15 is 0 Å². The molecule has 5 nitrogen and oxygen atoms in total. The lowest BCUT2D eigenvalue weighted by molar-refractivity contribution is -0.286. The number of aromatic nitrogens is 2. The van der Waals surface area contributed by atoms with Crippen molar-refractivity contribution < 1.29 is 35.2 Å². The number of Topliss-reactive ketones (excluding diaryl/α,β-unsaturated/α-hetero) is 1. The SMILES string of the molecule is O=C(CS(=O)(=O)c1c(Cl)cccc1Cl)c1ncn(CC(F)(F)C(F)(F)F)c1Cl. The van der Waals surface area contributed by atoms with E-state index in [0.717, 1.165) is 0 Å². The molecule has 0 aliphatic carbocycles. The number of benzene rings is 1. The molecule has 1 aromatic carbocycles. The monoisotopic (exact) mass is 484 g/mol. The van der Waals surface area contributed by atoms with Gasteiger partial charge in [-0.1, -0.05) is 40.9 Å². The molecule has 14 heteroatoms. The predicted octanol–water partition coefficient (Wildman–Crippen LogP) is 4.70. The van der Waals surface area contributed by atoms with E-state index in [1.165, 1.54) is 18.2 Å². The Bertz CT molecular complexity index is 1000. The van der Waals surface area contributed by atoms with Crippen molar-refractivity contribution in [1.29, 1.82) is 0 Å². The lowest BCUT2D eigenvalue weighted by Gasteiger charge is -2.20. The average molecular weight is 486 g/mol. The number of carbonyl (C=O) groups is 1. The maximum absolute atomic E-state index is 13.1. The number of imidazole rings is 1. The summed E-state index contributed by atoms with van der Waals surface area (Å²) in [5.74, 6) is -7.62. The van der Waals surface area contributed by atoms with E-state index in [-0.39, 0.29) is 14.6 Å². The molecule has 0 aliphatic heterocycles. The van der Waals surface area contributed by atoms with Gasteiger partial charge in [-0.05, 0) is 12.1 Å². The number of halogens is 8. The lowest BCUT2D eigenvalue weighted by Crippen LogP contribution is -2.40. The van der Waals surface area contributed by atoms with Gasteiger partial charge in [0.1, 0.15) is 21.5 Å². The highest BCUT2D eigenvalue weighted by molar-refractivity contribution is 7.92. The van der Waals surface area contributed by atoms with Crippen molar-refractivity contribution in [3.05, 3.63) is 45.4 Å². The lowest BCUT2D eigenvalue weighted by atomic mass is 10.3. The van der Waals surface area contributed by atoms with Crippen LogP contribution < -0.4 is 0 Å². The maximum atomic E-state index is 13.1. The Morgan fingerprint density at radius 2 is 1.61 bits per heavy atom. The van der Waals surface area contributed by atoms with Crippen molar-refractivity contribution in [3.63, 3.8) is 0 Å². The van der Waals surface area contributed by atoms with Gasteiger partial charge >= 0.3 is 12.1 Å². The first kappa shape index (κ1) is 22.9. The number of sulfone groups is 1. The third-order valence-electron chi connectivity index (χ3n) is 3.37. The molecule has 0 bridgehead atoms. The fourth-order valence-corrected chi connectivity index (χ4v) is 4.78. The number of ketones is 1. The van der Waals surface area contributed by atoms with Crippen LogP contribution in [0.4, 0.5) is 22.0 Å². The summed E-state index contributed by atoms with van der Waals surface area (Å²) in [6.45, 7) is -1.93. The Morgan fingerprint density at radius 3 is 2.11 bits per heavy atom. The van der Waals surface area contributed by atoms with E-state index in [2.05, 4.69) is 4.98 Å². The van der Waals surface area contributed by atoms with E-state index in [1.807, 2.05) is 0 Å². The quantitative estimate of drug-likeness (QED) is 0.439. The van der Waals surface area contributed by atoms with Gasteiger partial charge in [0, 0.05) is 0 Å². The minimum absolute atomic E-state index is 0.192. The van der Waals surface area contributed by atoms with Crippen LogP contribution in [0.15, 0.2) is 29.4 Å². The zero-order valence-electron chi connectivity index (χ0n) is 13.3. The highest BCUT2D eigenvalue weighted by Crippen LogP contribution is 2.37. The van der Waals surface area contributed by atoms with Gasteiger partial charge in [0.2, 0.25) is 0 Å². The second-order valence-corrected chi connectivity index (χ2v) is 8.55. The van der Waals surface area contributed by atoms with E-state index in [1.54, 1.807) is 0 Å². The molecule has 0 radical (unpaired) electrons. The molecule has 2 rings (SSSR count). The summed E-state index contributed by atoms with van der Waals surface area (Å²) in [6.07, 6.45) is -5.38. The molecule has 28 heavy (non-hydrogen) atoms. The number of nitrogens with zero attached hydrogens (tertiary/aromatic N) is 2. The Balaban J connectivity index is 2.31. The van der Waals surface area contributed by atoms with E-state index in [0.29, 0.717) is 6.33 Å². The van der Waals surface area contributed by atoms with Crippen LogP contribution in [0.2, 0.25) is 15.2 Å². The third-order valence-corrected chi connectivity index (χ3v) is 6.33. The molecule has 0 saturated heterocycles. The molecule has 0 saturated carbocycles. The van der Waals surface area contributed by atoms with Gasteiger partial charge in [0.15, 0.2) is 15.6 Å². The van der Waals surface area contributed by atoms with Crippen molar-refractivity contribution in [3.8, 4) is 0 Å². The van der Waals surface area contributed by atoms with E-state index in [4.69, 9.17) is 34.8 Å².